The van der Waals surface area contributed by atoms with Crippen molar-refractivity contribution >= 4 is 17.6 Å². The van der Waals surface area contributed by atoms with Crippen LogP contribution in [0.25, 0.3) is 0 Å². The predicted molar refractivity (Wildman–Crippen MR) is 66.5 cm³/mol. The molecule has 94 valence electrons. The van der Waals surface area contributed by atoms with Crippen molar-refractivity contribution in [1.29, 1.82) is 5.26 Å². The zero-order valence-corrected chi connectivity index (χ0v) is 10.6. The third-order valence-electron chi connectivity index (χ3n) is 2.83. The molecule has 6 heteroatoms. The average Bonchev–Trinajstić information content (AvgIpc) is 2.71. The van der Waals surface area contributed by atoms with E-state index in [1.807, 2.05) is 12.1 Å². The number of carbonyl (C=O) groups is 1. The molecule has 1 heterocycles. The fourth-order valence-electron chi connectivity index (χ4n) is 1.90. The van der Waals surface area contributed by atoms with Crippen LogP contribution in [-0.2, 0) is 0 Å². The molecule has 1 aromatic rings. The summed E-state index contributed by atoms with van der Waals surface area (Å²) < 4.78 is 5.07. The molecule has 1 aliphatic heterocycles. The minimum atomic E-state index is -0.228. The molecule has 1 N–H and O–H groups in total. The van der Waals surface area contributed by atoms with E-state index in [0.29, 0.717) is 17.3 Å². The summed E-state index contributed by atoms with van der Waals surface area (Å²) in [5, 5.41) is 11.9. The summed E-state index contributed by atoms with van der Waals surface area (Å²) >= 11 is 6.04. The van der Waals surface area contributed by atoms with Crippen LogP contribution in [0.2, 0.25) is 5.02 Å². The molecule has 1 aliphatic rings. The van der Waals surface area contributed by atoms with Gasteiger partial charge in [-0.15, -0.1) is 0 Å². The van der Waals surface area contributed by atoms with Gasteiger partial charge in [-0.25, -0.2) is 4.79 Å². The highest BCUT2D eigenvalue weighted by atomic mass is 35.5. The van der Waals surface area contributed by atoms with Crippen LogP contribution in [-0.4, -0.2) is 31.1 Å². The molecule has 2 amide bonds. The Morgan fingerprint density at radius 2 is 2.44 bits per heavy atom. The van der Waals surface area contributed by atoms with Crippen LogP contribution >= 0.6 is 11.6 Å². The van der Waals surface area contributed by atoms with Crippen molar-refractivity contribution in [3.05, 3.63) is 28.8 Å². The van der Waals surface area contributed by atoms with Gasteiger partial charge in [0.15, 0.2) is 0 Å². The van der Waals surface area contributed by atoms with Gasteiger partial charge in [0.25, 0.3) is 0 Å². The lowest BCUT2D eigenvalue weighted by molar-refractivity contribution is 0.222. The highest BCUT2D eigenvalue weighted by Crippen LogP contribution is 2.29. The molecule has 5 nitrogen and oxygen atoms in total. The maximum absolute atomic E-state index is 11.6. The van der Waals surface area contributed by atoms with E-state index in [9.17, 15) is 4.79 Å². The summed E-state index contributed by atoms with van der Waals surface area (Å²) in [6.07, 6.45) is 0. The van der Waals surface area contributed by atoms with Crippen molar-refractivity contribution < 1.29 is 9.53 Å². The number of halogens is 1. The lowest BCUT2D eigenvalue weighted by Gasteiger charge is -2.12. The fourth-order valence-corrected chi connectivity index (χ4v) is 2.17. The normalized spacial score (nSPS) is 18.4. The molecule has 1 saturated heterocycles. The highest BCUT2D eigenvalue weighted by Gasteiger charge is 2.29. The van der Waals surface area contributed by atoms with Crippen molar-refractivity contribution in [2.24, 2.45) is 0 Å². The Balaban J connectivity index is 2.17. The van der Waals surface area contributed by atoms with Crippen LogP contribution in [0.3, 0.4) is 0 Å². The van der Waals surface area contributed by atoms with Gasteiger partial charge in [0.05, 0.1) is 24.2 Å². The van der Waals surface area contributed by atoms with Crippen molar-refractivity contribution in [3.63, 3.8) is 0 Å². The first-order valence-corrected chi connectivity index (χ1v) is 5.79. The monoisotopic (exact) mass is 265 g/mol. The van der Waals surface area contributed by atoms with Gasteiger partial charge in [-0.05, 0) is 17.7 Å². The molecule has 0 aromatic heterocycles. The first-order valence-electron chi connectivity index (χ1n) is 5.41. The first kappa shape index (κ1) is 12.5. The Bertz CT molecular complexity index is 513. The van der Waals surface area contributed by atoms with Crippen LogP contribution in [0.5, 0.6) is 5.75 Å². The standard InChI is InChI=1S/C12H12ClN3O2/c1-18-11-3-2-8(6-9(11)13)10-7-16(5-4-14)12(17)15-10/h2-3,6,10H,5,7H2,1H3,(H,15,17). The molecule has 2 rings (SSSR count). The third kappa shape index (κ3) is 2.34. The molecule has 0 bridgehead atoms. The summed E-state index contributed by atoms with van der Waals surface area (Å²) in [6, 6.07) is 6.97. The maximum Gasteiger partial charge on any atom is 0.318 e. The molecule has 1 fully saturated rings. The third-order valence-corrected chi connectivity index (χ3v) is 3.12. The van der Waals surface area contributed by atoms with Crippen LogP contribution in [0.1, 0.15) is 11.6 Å². The smallest absolute Gasteiger partial charge is 0.318 e. The van der Waals surface area contributed by atoms with E-state index in [1.165, 1.54) is 4.90 Å². The zero-order valence-electron chi connectivity index (χ0n) is 9.81. The molecular weight excluding hydrogens is 254 g/mol. The minimum absolute atomic E-state index is 0.0895. The van der Waals surface area contributed by atoms with Gasteiger partial charge in [0.2, 0.25) is 0 Å². The molecule has 1 unspecified atom stereocenters. The summed E-state index contributed by atoms with van der Waals surface area (Å²) in [5.41, 5.74) is 0.898. The van der Waals surface area contributed by atoms with E-state index >= 15 is 0 Å². The van der Waals surface area contributed by atoms with Crippen molar-refractivity contribution in [3.8, 4) is 11.8 Å². The Morgan fingerprint density at radius 1 is 1.67 bits per heavy atom. The zero-order chi connectivity index (χ0) is 13.1. The summed E-state index contributed by atoms with van der Waals surface area (Å²) in [4.78, 5) is 13.0. The summed E-state index contributed by atoms with van der Waals surface area (Å²) in [6.45, 7) is 0.557. The number of rotatable bonds is 3. The van der Waals surface area contributed by atoms with Gasteiger partial charge in [-0.2, -0.15) is 5.26 Å². The topological polar surface area (TPSA) is 65.4 Å². The molecule has 0 aliphatic carbocycles. The lowest BCUT2D eigenvalue weighted by Crippen LogP contribution is -2.28. The Kier molecular flexibility index (Phi) is 3.58. The molecule has 18 heavy (non-hydrogen) atoms. The largest absolute Gasteiger partial charge is 0.495 e. The number of carbonyl (C=O) groups excluding carboxylic acids is 1. The van der Waals surface area contributed by atoms with E-state index < -0.39 is 0 Å². The minimum Gasteiger partial charge on any atom is -0.495 e. The molecular formula is C12H12ClN3O2. The van der Waals surface area contributed by atoms with E-state index in [4.69, 9.17) is 21.6 Å². The first-order chi connectivity index (χ1) is 8.65. The van der Waals surface area contributed by atoms with Crippen LogP contribution in [0, 0.1) is 11.3 Å². The maximum atomic E-state index is 11.6. The number of hydrogen-bond donors (Lipinski definition) is 1. The Morgan fingerprint density at radius 3 is 3.06 bits per heavy atom. The van der Waals surface area contributed by atoms with Gasteiger partial charge >= 0.3 is 6.03 Å². The number of benzene rings is 1. The second kappa shape index (κ2) is 5.15. The average molecular weight is 266 g/mol. The van der Waals surface area contributed by atoms with Gasteiger partial charge < -0.3 is 15.0 Å². The summed E-state index contributed by atoms with van der Waals surface area (Å²) in [7, 11) is 1.55. The molecule has 1 atom stereocenters. The Labute approximate surface area is 110 Å². The molecule has 1 aromatic carbocycles. The quantitative estimate of drug-likeness (QED) is 0.850. The van der Waals surface area contributed by atoms with Gasteiger partial charge in [-0.3, -0.25) is 0 Å². The van der Waals surface area contributed by atoms with Gasteiger partial charge in [-0.1, -0.05) is 17.7 Å². The van der Waals surface area contributed by atoms with Crippen molar-refractivity contribution in [2.75, 3.05) is 20.2 Å². The molecule has 0 spiro atoms. The number of nitrogens with one attached hydrogen (secondary N) is 1. The van der Waals surface area contributed by atoms with E-state index in [2.05, 4.69) is 5.32 Å². The SMILES string of the molecule is COc1ccc(C2CN(CC#N)C(=O)N2)cc1Cl. The number of hydrogen-bond acceptors (Lipinski definition) is 3. The number of amides is 2. The summed E-state index contributed by atoms with van der Waals surface area (Å²) in [5.74, 6) is 0.596. The van der Waals surface area contributed by atoms with Crippen molar-refractivity contribution in [2.45, 2.75) is 6.04 Å². The van der Waals surface area contributed by atoms with Crippen LogP contribution in [0.15, 0.2) is 18.2 Å². The molecule has 0 radical (unpaired) electrons. The number of nitriles is 1. The predicted octanol–water partition coefficient (Wildman–Crippen LogP) is 1.94. The number of urea groups is 1. The van der Waals surface area contributed by atoms with Crippen LogP contribution in [0.4, 0.5) is 4.79 Å². The Hall–Kier alpha value is -1.93. The van der Waals surface area contributed by atoms with E-state index in [1.54, 1.807) is 19.2 Å². The van der Waals surface area contributed by atoms with Gasteiger partial charge in [0, 0.05) is 6.54 Å². The van der Waals surface area contributed by atoms with E-state index in [-0.39, 0.29) is 18.6 Å². The number of ether oxygens (including phenoxy) is 1. The van der Waals surface area contributed by atoms with Gasteiger partial charge in [0.1, 0.15) is 12.3 Å². The van der Waals surface area contributed by atoms with E-state index in [0.717, 1.165) is 5.56 Å². The number of methoxy groups -OCH3 is 1. The molecule has 0 saturated carbocycles. The van der Waals surface area contributed by atoms with Crippen molar-refractivity contribution in [1.82, 2.24) is 10.2 Å². The fraction of sp³-hybridized carbons (Fsp3) is 0.333. The second-order valence-electron chi connectivity index (χ2n) is 3.93. The highest BCUT2D eigenvalue weighted by molar-refractivity contribution is 6.32. The second-order valence-corrected chi connectivity index (χ2v) is 4.34. The van der Waals surface area contributed by atoms with Crippen LogP contribution < -0.4 is 10.1 Å². The lowest BCUT2D eigenvalue weighted by atomic mass is 10.1. The number of nitrogens with zero attached hydrogens (tertiary/aromatic N) is 2.